The number of allylic oxidation sites excluding steroid dienone is 4. The Kier molecular flexibility index (Phi) is 2.88. The molecule has 0 aliphatic heterocycles. The summed E-state index contributed by atoms with van der Waals surface area (Å²) in [6.07, 6.45) is 13.3. The molecule has 0 bridgehead atoms. The van der Waals surface area contributed by atoms with Crippen LogP contribution in [-0.4, -0.2) is 0 Å². The van der Waals surface area contributed by atoms with E-state index in [0.29, 0.717) is 10.8 Å². The van der Waals surface area contributed by atoms with Gasteiger partial charge in [-0.05, 0) is 80.0 Å². The molecule has 0 aromatic heterocycles. The van der Waals surface area contributed by atoms with E-state index in [0.717, 1.165) is 17.8 Å². The Labute approximate surface area is 130 Å². The second-order valence-corrected chi connectivity index (χ2v) is 8.76. The Morgan fingerprint density at radius 3 is 2.48 bits per heavy atom. The van der Waals surface area contributed by atoms with Crippen LogP contribution < -0.4 is 0 Å². The zero-order chi connectivity index (χ0) is 14.8. The number of hydrogen-bond donors (Lipinski definition) is 0. The van der Waals surface area contributed by atoms with Crippen molar-refractivity contribution in [3.63, 3.8) is 0 Å². The fourth-order valence-corrected chi connectivity index (χ4v) is 6.56. The minimum absolute atomic E-state index is 0.469. The summed E-state index contributed by atoms with van der Waals surface area (Å²) in [7, 11) is 0. The van der Waals surface area contributed by atoms with Crippen LogP contribution in [0.2, 0.25) is 0 Å². The van der Waals surface area contributed by atoms with Gasteiger partial charge in [-0.15, -0.1) is 0 Å². The average Bonchev–Trinajstić information content (AvgIpc) is 2.76. The lowest BCUT2D eigenvalue weighted by molar-refractivity contribution is -0.0236. The average molecular weight is 282 g/mol. The van der Waals surface area contributed by atoms with Crippen LogP contribution >= 0.6 is 0 Å². The molecule has 3 fully saturated rings. The second kappa shape index (κ2) is 4.37. The first-order valence-corrected chi connectivity index (χ1v) is 9.02. The summed E-state index contributed by atoms with van der Waals surface area (Å²) in [5, 5.41) is 0. The molecule has 0 radical (unpaired) electrons. The molecule has 0 N–H and O–H groups in total. The lowest BCUT2D eigenvalue weighted by Crippen LogP contribution is -2.49. The molecule has 0 heteroatoms. The molecule has 0 aromatic carbocycles. The molecule has 5 atom stereocenters. The molecule has 4 aliphatic rings. The summed E-state index contributed by atoms with van der Waals surface area (Å²) in [4.78, 5) is 0. The third-order valence-corrected chi connectivity index (χ3v) is 8.03. The van der Waals surface area contributed by atoms with Gasteiger partial charge in [0.1, 0.15) is 0 Å². The highest BCUT2D eigenvalue weighted by atomic mass is 14.6. The Balaban J connectivity index is 1.70. The van der Waals surface area contributed by atoms with Crippen LogP contribution in [0.1, 0.15) is 65.2 Å². The predicted octanol–water partition coefficient (Wildman–Crippen LogP) is 6.06. The summed E-state index contributed by atoms with van der Waals surface area (Å²) in [6, 6.07) is 0. The van der Waals surface area contributed by atoms with E-state index in [1.807, 2.05) is 0 Å². The van der Waals surface area contributed by atoms with Gasteiger partial charge in [-0.2, -0.15) is 0 Å². The lowest BCUT2D eigenvalue weighted by atomic mass is 9.47. The van der Waals surface area contributed by atoms with Crippen molar-refractivity contribution in [2.45, 2.75) is 65.2 Å². The highest BCUT2D eigenvalue weighted by molar-refractivity contribution is 5.34. The predicted molar refractivity (Wildman–Crippen MR) is 90.0 cm³/mol. The van der Waals surface area contributed by atoms with Gasteiger partial charge in [-0.1, -0.05) is 49.8 Å². The SMILES string of the molecule is C=C1C=C2CCC3C4CCC(=C)C4(C)CCC3C2(C)CC1. The van der Waals surface area contributed by atoms with Gasteiger partial charge in [0.25, 0.3) is 0 Å². The van der Waals surface area contributed by atoms with Crippen molar-refractivity contribution in [3.05, 3.63) is 36.0 Å². The molecule has 0 heterocycles. The van der Waals surface area contributed by atoms with Crippen LogP contribution in [0.15, 0.2) is 36.0 Å². The minimum Gasteiger partial charge on any atom is -0.0993 e. The molecule has 4 rings (SSSR count). The monoisotopic (exact) mass is 282 g/mol. The van der Waals surface area contributed by atoms with Crippen LogP contribution in [0.25, 0.3) is 0 Å². The van der Waals surface area contributed by atoms with Crippen molar-refractivity contribution < 1.29 is 0 Å². The number of rotatable bonds is 0. The van der Waals surface area contributed by atoms with Crippen LogP contribution in [0, 0.1) is 28.6 Å². The van der Waals surface area contributed by atoms with Gasteiger partial charge in [0.15, 0.2) is 0 Å². The van der Waals surface area contributed by atoms with Crippen LogP contribution in [0.5, 0.6) is 0 Å². The third kappa shape index (κ3) is 1.74. The van der Waals surface area contributed by atoms with E-state index in [1.54, 1.807) is 11.1 Å². The zero-order valence-electron chi connectivity index (χ0n) is 13.9. The standard InChI is InChI=1S/C21H30/c1-14-9-11-21(4)16(13-14)6-7-17-18-8-5-15(2)20(18,3)12-10-19(17)21/h13,17-19H,1-2,5-12H2,3-4H3. The molecule has 0 nitrogen and oxygen atoms in total. The Morgan fingerprint density at radius 2 is 1.67 bits per heavy atom. The van der Waals surface area contributed by atoms with Gasteiger partial charge in [0.2, 0.25) is 0 Å². The van der Waals surface area contributed by atoms with Crippen molar-refractivity contribution >= 4 is 0 Å². The molecule has 4 aliphatic carbocycles. The molecule has 0 aromatic rings. The van der Waals surface area contributed by atoms with Crippen molar-refractivity contribution in [2.75, 3.05) is 0 Å². The van der Waals surface area contributed by atoms with E-state index < -0.39 is 0 Å². The van der Waals surface area contributed by atoms with Gasteiger partial charge in [0.05, 0.1) is 0 Å². The maximum atomic E-state index is 4.43. The molecule has 21 heavy (non-hydrogen) atoms. The quantitative estimate of drug-likeness (QED) is 0.474. The highest BCUT2D eigenvalue weighted by Crippen LogP contribution is 2.66. The molecular weight excluding hydrogens is 252 g/mol. The normalized spacial score (nSPS) is 49.2. The van der Waals surface area contributed by atoms with E-state index in [1.165, 1.54) is 56.9 Å². The van der Waals surface area contributed by atoms with Crippen molar-refractivity contribution in [1.29, 1.82) is 0 Å². The smallest absolute Gasteiger partial charge is 0.00790 e. The molecule has 0 spiro atoms. The van der Waals surface area contributed by atoms with Crippen LogP contribution in [-0.2, 0) is 0 Å². The zero-order valence-corrected chi connectivity index (χ0v) is 13.9. The summed E-state index contributed by atoms with van der Waals surface area (Å²) < 4.78 is 0. The third-order valence-electron chi connectivity index (χ3n) is 8.03. The summed E-state index contributed by atoms with van der Waals surface area (Å²) in [5.41, 5.74) is 5.62. The maximum absolute atomic E-state index is 4.43. The van der Waals surface area contributed by atoms with Crippen LogP contribution in [0.4, 0.5) is 0 Å². The van der Waals surface area contributed by atoms with Gasteiger partial charge in [-0.25, -0.2) is 0 Å². The first kappa shape index (κ1) is 13.9. The van der Waals surface area contributed by atoms with E-state index in [-0.39, 0.29) is 0 Å². The van der Waals surface area contributed by atoms with E-state index in [4.69, 9.17) is 0 Å². The topological polar surface area (TPSA) is 0 Å². The van der Waals surface area contributed by atoms with Gasteiger partial charge >= 0.3 is 0 Å². The highest BCUT2D eigenvalue weighted by Gasteiger charge is 2.56. The van der Waals surface area contributed by atoms with Crippen molar-refractivity contribution in [3.8, 4) is 0 Å². The Hall–Kier alpha value is -0.780. The molecule has 114 valence electrons. The fraction of sp³-hybridized carbons (Fsp3) is 0.714. The largest absolute Gasteiger partial charge is 0.0993 e. The molecular formula is C21H30. The molecule has 5 unspecified atom stereocenters. The Morgan fingerprint density at radius 1 is 0.905 bits per heavy atom. The van der Waals surface area contributed by atoms with Gasteiger partial charge < -0.3 is 0 Å². The van der Waals surface area contributed by atoms with Crippen LogP contribution in [0.3, 0.4) is 0 Å². The summed E-state index contributed by atoms with van der Waals surface area (Å²) in [6.45, 7) is 13.8. The summed E-state index contributed by atoms with van der Waals surface area (Å²) in [5.74, 6) is 2.80. The van der Waals surface area contributed by atoms with Crippen molar-refractivity contribution in [2.24, 2.45) is 28.6 Å². The molecule has 3 saturated carbocycles. The van der Waals surface area contributed by atoms with Gasteiger partial charge in [-0.3, -0.25) is 0 Å². The van der Waals surface area contributed by atoms with E-state index in [2.05, 4.69) is 33.1 Å². The van der Waals surface area contributed by atoms with E-state index >= 15 is 0 Å². The molecule has 0 amide bonds. The number of hydrogen-bond acceptors (Lipinski definition) is 0. The second-order valence-electron chi connectivity index (χ2n) is 8.76. The first-order chi connectivity index (χ1) is 9.95. The Bertz CT molecular complexity index is 536. The van der Waals surface area contributed by atoms with Gasteiger partial charge in [0, 0.05) is 0 Å². The van der Waals surface area contributed by atoms with E-state index in [9.17, 15) is 0 Å². The lowest BCUT2D eigenvalue weighted by Gasteiger charge is -2.57. The first-order valence-electron chi connectivity index (χ1n) is 9.02. The summed E-state index contributed by atoms with van der Waals surface area (Å²) >= 11 is 0. The fourth-order valence-electron chi connectivity index (χ4n) is 6.56. The minimum atomic E-state index is 0.469. The number of fused-ring (bicyclic) bond motifs is 5. The van der Waals surface area contributed by atoms with Crippen molar-refractivity contribution in [1.82, 2.24) is 0 Å². The molecule has 0 saturated heterocycles. The maximum Gasteiger partial charge on any atom is -0.00790 e.